The lowest BCUT2D eigenvalue weighted by molar-refractivity contribution is -0.229. The Morgan fingerprint density at radius 1 is 1.09 bits per heavy atom. The topological polar surface area (TPSA) is 72.2 Å². The molecule has 2 saturated heterocycles. The molecule has 1 spiro atoms. The molecule has 1 amide bonds. The highest BCUT2D eigenvalue weighted by Gasteiger charge is 2.58. The van der Waals surface area contributed by atoms with Crippen molar-refractivity contribution < 1.29 is 23.6 Å². The highest BCUT2D eigenvalue weighted by atomic mass is 16.7. The Morgan fingerprint density at radius 3 is 2.61 bits per heavy atom. The highest BCUT2D eigenvalue weighted by Crippen LogP contribution is 2.45. The van der Waals surface area contributed by atoms with E-state index in [-0.39, 0.29) is 24.9 Å². The molecule has 0 saturated carbocycles. The first kappa shape index (κ1) is 21.7. The van der Waals surface area contributed by atoms with Crippen molar-refractivity contribution in [3.8, 4) is 0 Å². The summed E-state index contributed by atoms with van der Waals surface area (Å²) in [4.78, 5) is 34.1. The zero-order chi connectivity index (χ0) is 22.8. The Hall–Kier alpha value is -3.16. The van der Waals surface area contributed by atoms with E-state index < -0.39 is 11.5 Å². The molecule has 3 aromatic rings. The van der Waals surface area contributed by atoms with Gasteiger partial charge in [-0.15, -0.1) is 0 Å². The first-order chi connectivity index (χ1) is 16.1. The number of methoxy groups -OCH3 is 1. The molecule has 0 N–H and O–H groups in total. The fourth-order valence-corrected chi connectivity index (χ4v) is 5.24. The third kappa shape index (κ3) is 4.14. The minimum atomic E-state index is -0.687. The number of benzene rings is 2. The monoisotopic (exact) mass is 448 g/mol. The van der Waals surface area contributed by atoms with E-state index in [1.807, 2.05) is 24.3 Å². The minimum Gasteiger partial charge on any atom is -0.472 e. The van der Waals surface area contributed by atoms with Gasteiger partial charge in [0.15, 0.2) is 0 Å². The quantitative estimate of drug-likeness (QED) is 0.533. The molecule has 2 aliphatic rings. The Balaban J connectivity index is 1.34. The van der Waals surface area contributed by atoms with Gasteiger partial charge in [-0.05, 0) is 41.3 Å². The Labute approximate surface area is 192 Å². The molecule has 2 aliphatic heterocycles. The molecule has 2 fully saturated rings. The molecule has 1 aromatic heterocycles. The summed E-state index contributed by atoms with van der Waals surface area (Å²) < 4.78 is 10.3. The number of rotatable bonds is 6. The smallest absolute Gasteiger partial charge is 0.311 e. The van der Waals surface area contributed by atoms with Crippen LogP contribution in [-0.2, 0) is 32.3 Å². The van der Waals surface area contributed by atoms with Crippen molar-refractivity contribution >= 4 is 22.6 Å². The van der Waals surface area contributed by atoms with Crippen LogP contribution >= 0.6 is 0 Å². The Bertz CT molecular complexity index is 1130. The lowest BCUT2D eigenvalue weighted by Gasteiger charge is -2.45. The Kier molecular flexibility index (Phi) is 5.91. The van der Waals surface area contributed by atoms with E-state index in [9.17, 15) is 9.59 Å². The van der Waals surface area contributed by atoms with Gasteiger partial charge in [-0.3, -0.25) is 19.3 Å². The molecule has 0 aliphatic carbocycles. The summed E-state index contributed by atoms with van der Waals surface area (Å²) in [5.74, 6) is -1.03. The van der Waals surface area contributed by atoms with Crippen LogP contribution in [-0.4, -0.2) is 47.6 Å². The third-order valence-corrected chi connectivity index (χ3v) is 7.03. The van der Waals surface area contributed by atoms with Gasteiger partial charge in [0.2, 0.25) is 5.91 Å². The van der Waals surface area contributed by atoms with Crippen LogP contribution in [0, 0.1) is 5.92 Å². The molecule has 3 heterocycles. The first-order valence-corrected chi connectivity index (χ1v) is 11.3. The number of esters is 1. The first-order valence-electron chi connectivity index (χ1n) is 11.3. The van der Waals surface area contributed by atoms with E-state index in [0.717, 1.165) is 41.5 Å². The van der Waals surface area contributed by atoms with E-state index in [4.69, 9.17) is 14.0 Å². The van der Waals surface area contributed by atoms with Crippen LogP contribution in [0.4, 0.5) is 0 Å². The van der Waals surface area contributed by atoms with Crippen LogP contribution in [0.15, 0.2) is 65.5 Å². The number of hydroxylamine groups is 2. The lowest BCUT2D eigenvalue weighted by Crippen LogP contribution is -2.57. The molecule has 2 aromatic carbocycles. The number of hydrogen-bond donors (Lipinski definition) is 0. The van der Waals surface area contributed by atoms with Gasteiger partial charge in [0, 0.05) is 31.6 Å². The maximum absolute atomic E-state index is 13.0. The predicted molar refractivity (Wildman–Crippen MR) is 122 cm³/mol. The normalized spacial score (nSPS) is 20.6. The van der Waals surface area contributed by atoms with Crippen molar-refractivity contribution in [2.24, 2.45) is 5.92 Å². The molecule has 1 atom stereocenters. The molecular weight excluding hydrogens is 420 g/mol. The number of likely N-dealkylation sites (tertiary alicyclic amines) is 1. The number of furan rings is 1. The van der Waals surface area contributed by atoms with Crippen LogP contribution in [0.3, 0.4) is 0 Å². The average molecular weight is 449 g/mol. The summed E-state index contributed by atoms with van der Waals surface area (Å²) in [5.41, 5.74) is 1.41. The van der Waals surface area contributed by atoms with Gasteiger partial charge >= 0.3 is 5.97 Å². The highest BCUT2D eigenvalue weighted by molar-refractivity contribution is 5.88. The van der Waals surface area contributed by atoms with Crippen LogP contribution in [0.2, 0.25) is 0 Å². The third-order valence-electron chi connectivity index (χ3n) is 7.03. The summed E-state index contributed by atoms with van der Waals surface area (Å²) >= 11 is 0. The largest absolute Gasteiger partial charge is 0.472 e. The second-order valence-electron chi connectivity index (χ2n) is 8.93. The number of ether oxygens (including phenoxy) is 1. The average Bonchev–Trinajstić information content (AvgIpc) is 3.45. The zero-order valence-electron chi connectivity index (χ0n) is 18.7. The van der Waals surface area contributed by atoms with Crippen molar-refractivity contribution in [1.29, 1.82) is 0 Å². The SMILES string of the molecule is COC(=O)C1CC(=O)N(OCc2ccc3ccccc3c2)C12CCN(Cc1ccoc1)CC2. The van der Waals surface area contributed by atoms with Crippen molar-refractivity contribution in [3.05, 3.63) is 72.2 Å². The molecule has 5 rings (SSSR count). The number of amides is 1. The number of piperidine rings is 1. The van der Waals surface area contributed by atoms with Gasteiger partial charge < -0.3 is 9.15 Å². The van der Waals surface area contributed by atoms with Crippen LogP contribution < -0.4 is 0 Å². The van der Waals surface area contributed by atoms with Gasteiger partial charge in [-0.1, -0.05) is 36.4 Å². The van der Waals surface area contributed by atoms with Crippen molar-refractivity contribution in [3.63, 3.8) is 0 Å². The fourth-order valence-electron chi connectivity index (χ4n) is 5.24. The van der Waals surface area contributed by atoms with E-state index in [1.165, 1.54) is 12.2 Å². The standard InChI is InChI=1S/C26H28N2O5/c1-31-25(30)23-15-24(29)28(33-18-19-6-7-21-4-2-3-5-22(21)14-19)26(23)9-11-27(12-10-26)16-20-8-13-32-17-20/h2-8,13-14,17,23H,9-12,15-16,18H2,1H3. The summed E-state index contributed by atoms with van der Waals surface area (Å²) in [7, 11) is 1.38. The molecule has 172 valence electrons. The molecular formula is C26H28N2O5. The maximum Gasteiger partial charge on any atom is 0.311 e. The van der Waals surface area contributed by atoms with Crippen LogP contribution in [0.25, 0.3) is 10.8 Å². The lowest BCUT2D eigenvalue weighted by atomic mass is 9.77. The molecule has 33 heavy (non-hydrogen) atoms. The second-order valence-corrected chi connectivity index (χ2v) is 8.93. The van der Waals surface area contributed by atoms with Gasteiger partial charge in [-0.2, -0.15) is 0 Å². The molecule has 0 radical (unpaired) electrons. The molecule has 7 heteroatoms. The number of carbonyl (C=O) groups is 2. The van der Waals surface area contributed by atoms with E-state index in [2.05, 4.69) is 29.2 Å². The maximum atomic E-state index is 13.0. The summed E-state index contributed by atoms with van der Waals surface area (Å²) in [5, 5.41) is 3.78. The van der Waals surface area contributed by atoms with Crippen molar-refractivity contribution in [2.75, 3.05) is 20.2 Å². The molecule has 1 unspecified atom stereocenters. The van der Waals surface area contributed by atoms with Crippen LogP contribution in [0.1, 0.15) is 30.4 Å². The number of nitrogens with zero attached hydrogens (tertiary/aromatic N) is 2. The molecule has 7 nitrogen and oxygen atoms in total. The van der Waals surface area contributed by atoms with Gasteiger partial charge in [-0.25, -0.2) is 5.06 Å². The van der Waals surface area contributed by atoms with Gasteiger partial charge in [0.25, 0.3) is 0 Å². The number of fused-ring (bicyclic) bond motifs is 1. The predicted octanol–water partition coefficient (Wildman–Crippen LogP) is 3.92. The number of hydrogen-bond acceptors (Lipinski definition) is 6. The van der Waals surface area contributed by atoms with Gasteiger partial charge in [0.1, 0.15) is 6.61 Å². The fraction of sp³-hybridized carbons (Fsp3) is 0.385. The van der Waals surface area contributed by atoms with E-state index in [0.29, 0.717) is 12.8 Å². The summed E-state index contributed by atoms with van der Waals surface area (Å²) in [6, 6.07) is 16.2. The van der Waals surface area contributed by atoms with Crippen LogP contribution in [0.5, 0.6) is 0 Å². The van der Waals surface area contributed by atoms with Crippen molar-refractivity contribution in [1.82, 2.24) is 9.96 Å². The zero-order valence-corrected chi connectivity index (χ0v) is 18.7. The minimum absolute atomic E-state index is 0.117. The summed E-state index contributed by atoms with van der Waals surface area (Å²) in [6.07, 6.45) is 4.83. The van der Waals surface area contributed by atoms with Gasteiger partial charge in [0.05, 0.1) is 31.1 Å². The van der Waals surface area contributed by atoms with E-state index in [1.54, 1.807) is 12.5 Å². The summed E-state index contributed by atoms with van der Waals surface area (Å²) in [6.45, 7) is 2.55. The molecule has 0 bridgehead atoms. The Morgan fingerprint density at radius 2 is 1.88 bits per heavy atom. The van der Waals surface area contributed by atoms with E-state index >= 15 is 0 Å². The van der Waals surface area contributed by atoms with Crippen molar-refractivity contribution in [2.45, 2.75) is 38.0 Å². The second kappa shape index (κ2) is 9.00. The number of carbonyl (C=O) groups excluding carboxylic acids is 2.